The highest BCUT2D eigenvalue weighted by Crippen LogP contribution is 2.27. The third kappa shape index (κ3) is 6.60. The van der Waals surface area contributed by atoms with E-state index in [9.17, 15) is 4.79 Å². The molecule has 1 amide bonds. The summed E-state index contributed by atoms with van der Waals surface area (Å²) in [7, 11) is 1.76. The zero-order valence-electron chi connectivity index (χ0n) is 16.1. The number of ether oxygens (including phenoxy) is 1. The Morgan fingerprint density at radius 2 is 1.78 bits per heavy atom. The van der Waals surface area contributed by atoms with Gasteiger partial charge in [-0.3, -0.25) is 0 Å². The number of benzene rings is 2. The summed E-state index contributed by atoms with van der Waals surface area (Å²) in [5.41, 5.74) is 1.46. The van der Waals surface area contributed by atoms with Gasteiger partial charge in [0.05, 0.1) is 16.1 Å². The van der Waals surface area contributed by atoms with Crippen LogP contribution in [0, 0.1) is 0 Å². The van der Waals surface area contributed by atoms with Crippen LogP contribution in [0.25, 0.3) is 6.08 Å². The van der Waals surface area contributed by atoms with Crippen LogP contribution in [0.2, 0.25) is 10.0 Å². The van der Waals surface area contributed by atoms with E-state index in [4.69, 9.17) is 27.9 Å². The first-order chi connectivity index (χ1) is 12.7. The number of rotatable bonds is 5. The Morgan fingerprint density at radius 3 is 2.37 bits per heavy atom. The van der Waals surface area contributed by atoms with Crippen LogP contribution in [-0.4, -0.2) is 23.6 Å². The van der Waals surface area contributed by atoms with Crippen molar-refractivity contribution in [3.63, 3.8) is 0 Å². The molecular formula is C22H25Cl2NO2. The van der Waals surface area contributed by atoms with E-state index in [2.05, 4.69) is 0 Å². The van der Waals surface area contributed by atoms with Crippen molar-refractivity contribution >= 4 is 35.4 Å². The van der Waals surface area contributed by atoms with Crippen LogP contribution >= 0.6 is 23.2 Å². The highest BCUT2D eigenvalue weighted by atomic mass is 35.5. The van der Waals surface area contributed by atoms with Gasteiger partial charge in [0, 0.05) is 7.05 Å². The fourth-order valence-electron chi connectivity index (χ4n) is 2.60. The lowest BCUT2D eigenvalue weighted by Crippen LogP contribution is -2.36. The van der Waals surface area contributed by atoms with E-state index in [1.54, 1.807) is 18.0 Å². The topological polar surface area (TPSA) is 29.5 Å². The van der Waals surface area contributed by atoms with Crippen molar-refractivity contribution in [1.82, 2.24) is 4.90 Å². The molecule has 0 radical (unpaired) electrons. The number of nitrogens with zero attached hydrogens (tertiary/aromatic N) is 1. The van der Waals surface area contributed by atoms with E-state index in [0.29, 0.717) is 16.5 Å². The van der Waals surface area contributed by atoms with Gasteiger partial charge in [-0.1, -0.05) is 71.8 Å². The van der Waals surface area contributed by atoms with Gasteiger partial charge in [0.2, 0.25) is 0 Å². The molecule has 3 nitrogen and oxygen atoms in total. The Bertz CT molecular complexity index is 798. The fourth-order valence-corrected chi connectivity index (χ4v) is 2.91. The first kappa shape index (κ1) is 21.3. The molecule has 2 aromatic carbocycles. The summed E-state index contributed by atoms with van der Waals surface area (Å²) in [5, 5.41) is 1.05. The van der Waals surface area contributed by atoms with E-state index in [0.717, 1.165) is 11.1 Å². The highest BCUT2D eigenvalue weighted by molar-refractivity contribution is 6.42. The van der Waals surface area contributed by atoms with Crippen LogP contribution in [0.3, 0.4) is 0 Å². The van der Waals surface area contributed by atoms with Gasteiger partial charge in [0.15, 0.2) is 0 Å². The van der Waals surface area contributed by atoms with Crippen LogP contribution in [0.5, 0.6) is 0 Å². The molecule has 0 saturated carbocycles. The quantitative estimate of drug-likeness (QED) is 0.535. The Kier molecular flexibility index (Phi) is 7.34. The zero-order valence-corrected chi connectivity index (χ0v) is 17.6. The van der Waals surface area contributed by atoms with E-state index < -0.39 is 5.60 Å². The minimum Gasteiger partial charge on any atom is -0.444 e. The molecule has 5 heteroatoms. The van der Waals surface area contributed by atoms with Gasteiger partial charge in [0.1, 0.15) is 5.60 Å². The van der Waals surface area contributed by atoms with E-state index >= 15 is 0 Å². The number of halogens is 2. The normalized spacial score (nSPS) is 12.8. The molecule has 0 N–H and O–H groups in total. The summed E-state index contributed by atoms with van der Waals surface area (Å²) in [6, 6.07) is 15.3. The number of hydrogen-bond acceptors (Lipinski definition) is 2. The van der Waals surface area contributed by atoms with Crippen LogP contribution in [0.4, 0.5) is 4.79 Å². The van der Waals surface area contributed by atoms with Crippen molar-refractivity contribution in [2.24, 2.45) is 0 Å². The Balaban J connectivity index is 2.19. The second-order valence-corrected chi connectivity index (χ2v) is 8.14. The van der Waals surface area contributed by atoms with Crippen LogP contribution in [0.15, 0.2) is 54.6 Å². The van der Waals surface area contributed by atoms with Crippen molar-refractivity contribution in [3.8, 4) is 0 Å². The van der Waals surface area contributed by atoms with Gasteiger partial charge in [-0.2, -0.15) is 0 Å². The molecule has 0 spiro atoms. The molecule has 0 aliphatic rings. The lowest BCUT2D eigenvalue weighted by molar-refractivity contribution is 0.0221. The first-order valence-electron chi connectivity index (χ1n) is 8.80. The molecule has 144 valence electrons. The lowest BCUT2D eigenvalue weighted by Gasteiger charge is -2.30. The summed E-state index contributed by atoms with van der Waals surface area (Å²) in [5.74, 6) is 0. The maximum absolute atomic E-state index is 12.5. The maximum Gasteiger partial charge on any atom is 0.410 e. The molecule has 0 aliphatic carbocycles. The summed E-state index contributed by atoms with van der Waals surface area (Å²) < 4.78 is 5.53. The molecule has 0 unspecified atom stereocenters. The van der Waals surface area contributed by atoms with Gasteiger partial charge in [-0.25, -0.2) is 4.79 Å². The van der Waals surface area contributed by atoms with Crippen molar-refractivity contribution in [1.29, 1.82) is 0 Å². The van der Waals surface area contributed by atoms with Crippen LogP contribution in [-0.2, 0) is 4.74 Å². The van der Waals surface area contributed by atoms with Gasteiger partial charge in [-0.05, 0) is 50.5 Å². The molecule has 1 atom stereocenters. The molecule has 0 bridgehead atoms. The van der Waals surface area contributed by atoms with Gasteiger partial charge in [0.25, 0.3) is 0 Å². The first-order valence-corrected chi connectivity index (χ1v) is 9.55. The molecule has 0 saturated heterocycles. The monoisotopic (exact) mass is 405 g/mol. The Morgan fingerprint density at radius 1 is 1.11 bits per heavy atom. The van der Waals surface area contributed by atoms with Gasteiger partial charge >= 0.3 is 6.09 Å². The fraction of sp³-hybridized carbons (Fsp3) is 0.318. The van der Waals surface area contributed by atoms with E-state index in [1.807, 2.05) is 75.4 Å². The predicted molar refractivity (Wildman–Crippen MR) is 113 cm³/mol. The van der Waals surface area contributed by atoms with E-state index in [1.165, 1.54) is 0 Å². The average molecular weight is 406 g/mol. The molecule has 0 aliphatic heterocycles. The standard InChI is InChI=1S/C22H25Cl2NO2/c1-22(2,3)27-21(26)25(4)20(17-10-6-5-7-11-17)12-8-9-16-13-14-18(23)19(24)15-16/h5-11,13-15,20H,12H2,1-4H3/t20-/m0/s1. The molecule has 27 heavy (non-hydrogen) atoms. The summed E-state index contributed by atoms with van der Waals surface area (Å²) in [6.07, 6.45) is 4.29. The summed E-state index contributed by atoms with van der Waals surface area (Å²) in [6.45, 7) is 5.58. The smallest absolute Gasteiger partial charge is 0.410 e. The van der Waals surface area contributed by atoms with Crippen molar-refractivity contribution < 1.29 is 9.53 Å². The Labute approximate surface area is 171 Å². The van der Waals surface area contributed by atoms with Crippen molar-refractivity contribution in [2.75, 3.05) is 7.05 Å². The SMILES string of the molecule is CN(C(=O)OC(C)(C)C)[C@@H](CC=Cc1ccc(Cl)c(Cl)c1)c1ccccc1. The number of hydrogen-bond donors (Lipinski definition) is 0. The van der Waals surface area contributed by atoms with E-state index in [-0.39, 0.29) is 12.1 Å². The second-order valence-electron chi connectivity index (χ2n) is 7.33. The predicted octanol–water partition coefficient (Wildman–Crippen LogP) is 7.00. The molecule has 2 aromatic rings. The number of carbonyl (C=O) groups excluding carboxylic acids is 1. The number of carbonyl (C=O) groups is 1. The minimum absolute atomic E-state index is 0.139. The summed E-state index contributed by atoms with van der Waals surface area (Å²) in [4.78, 5) is 14.2. The molecule has 0 fully saturated rings. The number of amides is 1. The lowest BCUT2D eigenvalue weighted by atomic mass is 10.0. The highest BCUT2D eigenvalue weighted by Gasteiger charge is 2.25. The average Bonchev–Trinajstić information content (AvgIpc) is 2.60. The summed E-state index contributed by atoms with van der Waals surface area (Å²) >= 11 is 12.0. The third-order valence-corrected chi connectivity index (χ3v) is 4.69. The van der Waals surface area contributed by atoms with Crippen LogP contribution < -0.4 is 0 Å². The molecule has 2 rings (SSSR count). The second kappa shape index (κ2) is 9.29. The van der Waals surface area contributed by atoms with Gasteiger partial charge < -0.3 is 9.64 Å². The van der Waals surface area contributed by atoms with Crippen molar-refractivity contribution in [2.45, 2.75) is 38.8 Å². The molecule has 0 aromatic heterocycles. The molecule has 0 heterocycles. The minimum atomic E-state index is -0.539. The zero-order chi connectivity index (χ0) is 20.0. The Hall–Kier alpha value is -1.97. The van der Waals surface area contributed by atoms with Gasteiger partial charge in [-0.15, -0.1) is 0 Å². The largest absolute Gasteiger partial charge is 0.444 e. The molecular weight excluding hydrogens is 381 g/mol. The van der Waals surface area contributed by atoms with Crippen LogP contribution in [0.1, 0.15) is 44.4 Å². The van der Waals surface area contributed by atoms with Crippen molar-refractivity contribution in [3.05, 3.63) is 75.8 Å². The maximum atomic E-state index is 12.5. The third-order valence-electron chi connectivity index (χ3n) is 3.95.